The zero-order valence-corrected chi connectivity index (χ0v) is 46.3. The van der Waals surface area contributed by atoms with Gasteiger partial charge in [-0.25, -0.2) is 0 Å². The molecule has 0 aliphatic rings. The van der Waals surface area contributed by atoms with Gasteiger partial charge in [-0.15, -0.1) is 0 Å². The van der Waals surface area contributed by atoms with Crippen LogP contribution < -0.4 is 5.32 Å². The van der Waals surface area contributed by atoms with Crippen LogP contribution in [0.4, 0.5) is 0 Å². The number of allylic oxidation sites excluding steroid dienone is 6. The molecule has 6 heteroatoms. The Morgan fingerprint density at radius 3 is 1.12 bits per heavy atom. The van der Waals surface area contributed by atoms with Crippen LogP contribution in [0.1, 0.15) is 328 Å². The van der Waals surface area contributed by atoms with Gasteiger partial charge in [-0.05, 0) is 83.5 Å². The van der Waals surface area contributed by atoms with E-state index in [2.05, 4.69) is 55.6 Å². The van der Waals surface area contributed by atoms with Crippen molar-refractivity contribution in [2.24, 2.45) is 0 Å². The van der Waals surface area contributed by atoms with Crippen LogP contribution in [-0.2, 0) is 14.3 Å². The van der Waals surface area contributed by atoms with E-state index in [1.165, 1.54) is 225 Å². The van der Waals surface area contributed by atoms with Crippen molar-refractivity contribution in [3.63, 3.8) is 0 Å². The Kier molecular flexibility index (Phi) is 57.0. The normalized spacial score (nSPS) is 12.8. The van der Waals surface area contributed by atoms with E-state index in [4.69, 9.17) is 4.74 Å². The Morgan fingerprint density at radius 1 is 0.406 bits per heavy atom. The van der Waals surface area contributed by atoms with E-state index in [0.29, 0.717) is 25.9 Å². The van der Waals surface area contributed by atoms with Crippen molar-refractivity contribution in [2.45, 2.75) is 341 Å². The summed E-state index contributed by atoms with van der Waals surface area (Å²) in [5, 5.41) is 23.3. The van der Waals surface area contributed by atoms with E-state index in [0.717, 1.165) is 70.6 Å². The van der Waals surface area contributed by atoms with E-state index < -0.39 is 12.1 Å². The van der Waals surface area contributed by atoms with Crippen LogP contribution in [0.2, 0.25) is 0 Å². The minimum absolute atomic E-state index is 0.0165. The second kappa shape index (κ2) is 58.6. The molecular weight excluding hydrogens is 851 g/mol. The summed E-state index contributed by atoms with van der Waals surface area (Å²) in [6.45, 7) is 4.92. The maximum absolute atomic E-state index is 12.5. The Bertz CT molecular complexity index is 1120. The lowest BCUT2D eigenvalue weighted by molar-refractivity contribution is -0.143. The molecule has 0 aromatic rings. The largest absolute Gasteiger partial charge is 0.466 e. The number of aliphatic hydroxyl groups is 2. The number of esters is 1. The van der Waals surface area contributed by atoms with E-state index in [-0.39, 0.29) is 18.5 Å². The van der Waals surface area contributed by atoms with Crippen LogP contribution in [0.3, 0.4) is 0 Å². The maximum atomic E-state index is 12.5. The van der Waals surface area contributed by atoms with Gasteiger partial charge in [-0.3, -0.25) is 9.59 Å². The first-order valence-electron chi connectivity index (χ1n) is 30.8. The van der Waals surface area contributed by atoms with Gasteiger partial charge in [0.1, 0.15) is 0 Å². The summed E-state index contributed by atoms with van der Waals surface area (Å²) in [6, 6.07) is -0.550. The zero-order valence-electron chi connectivity index (χ0n) is 46.3. The van der Waals surface area contributed by atoms with Gasteiger partial charge >= 0.3 is 5.97 Å². The molecule has 0 saturated carbocycles. The van der Waals surface area contributed by atoms with Crippen molar-refractivity contribution in [3.8, 4) is 0 Å². The molecule has 406 valence electrons. The molecule has 0 rings (SSSR count). The number of unbranched alkanes of at least 4 members (excludes halogenated alkanes) is 41. The Hall–Kier alpha value is -1.92. The van der Waals surface area contributed by atoms with Crippen LogP contribution in [0, 0.1) is 0 Å². The van der Waals surface area contributed by atoms with Crippen molar-refractivity contribution in [3.05, 3.63) is 36.5 Å². The van der Waals surface area contributed by atoms with E-state index in [1.807, 2.05) is 0 Å². The molecule has 3 N–H and O–H groups in total. The van der Waals surface area contributed by atoms with Crippen molar-refractivity contribution in [1.29, 1.82) is 0 Å². The van der Waals surface area contributed by atoms with Gasteiger partial charge in [0.15, 0.2) is 0 Å². The molecule has 1 amide bonds. The summed E-state index contributed by atoms with van der Waals surface area (Å²) in [4.78, 5) is 24.6. The average molecular weight is 971 g/mol. The summed E-state index contributed by atoms with van der Waals surface area (Å²) in [7, 11) is 0. The molecule has 0 spiro atoms. The first-order valence-corrected chi connectivity index (χ1v) is 30.8. The van der Waals surface area contributed by atoms with E-state index in [9.17, 15) is 19.8 Å². The van der Waals surface area contributed by atoms with Gasteiger partial charge in [0, 0.05) is 12.8 Å². The minimum atomic E-state index is -0.672. The van der Waals surface area contributed by atoms with Gasteiger partial charge in [0.05, 0.1) is 25.4 Å². The molecule has 0 aromatic carbocycles. The number of carbonyl (C=O) groups excluding carboxylic acids is 2. The van der Waals surface area contributed by atoms with Crippen LogP contribution in [0.5, 0.6) is 0 Å². The number of hydrogen-bond acceptors (Lipinski definition) is 5. The smallest absolute Gasteiger partial charge is 0.305 e. The molecule has 0 heterocycles. The first-order chi connectivity index (χ1) is 34.0. The summed E-state index contributed by atoms with van der Waals surface area (Å²) >= 11 is 0. The molecule has 0 aliphatic carbocycles. The summed E-state index contributed by atoms with van der Waals surface area (Å²) in [6.07, 6.45) is 72.9. The lowest BCUT2D eigenvalue weighted by Gasteiger charge is -2.22. The highest BCUT2D eigenvalue weighted by Gasteiger charge is 2.20. The molecular formula is C63H119NO5. The summed E-state index contributed by atoms with van der Waals surface area (Å²) in [5.74, 6) is -0.0599. The lowest BCUT2D eigenvalue weighted by atomic mass is 10.0. The number of aliphatic hydroxyl groups excluding tert-OH is 2. The molecule has 0 saturated heterocycles. The van der Waals surface area contributed by atoms with Gasteiger partial charge in [0.2, 0.25) is 5.91 Å². The van der Waals surface area contributed by atoms with Crippen molar-refractivity contribution in [2.75, 3.05) is 13.2 Å². The Morgan fingerprint density at radius 2 is 0.725 bits per heavy atom. The van der Waals surface area contributed by atoms with Crippen molar-refractivity contribution >= 4 is 11.9 Å². The third-order valence-corrected chi connectivity index (χ3v) is 14.2. The second-order valence-electron chi connectivity index (χ2n) is 21.1. The standard InChI is InChI=1S/C63H119NO5/c1-3-5-7-9-11-13-15-17-19-24-29-33-37-41-45-49-53-57-63(68)69-58-54-50-46-42-38-34-30-26-23-21-22-25-28-32-36-40-44-48-52-56-62(67)64-60(59-65)61(66)55-51-47-43-39-35-31-27-20-18-16-14-12-10-8-6-4-2/h17,19,26,30,34,38,60-61,65-66H,3-16,18,20-25,27-29,31-33,35-37,39-59H2,1-2H3,(H,64,67)/b19-17-,30-26-,38-34-. The molecule has 0 aromatic heterocycles. The average Bonchev–Trinajstić information content (AvgIpc) is 3.35. The fraction of sp³-hybridized carbons (Fsp3) is 0.873. The predicted molar refractivity (Wildman–Crippen MR) is 301 cm³/mol. The molecule has 69 heavy (non-hydrogen) atoms. The number of hydrogen-bond donors (Lipinski definition) is 3. The maximum Gasteiger partial charge on any atom is 0.305 e. The van der Waals surface area contributed by atoms with Crippen LogP contribution in [0.15, 0.2) is 36.5 Å². The van der Waals surface area contributed by atoms with Gasteiger partial charge in [0.25, 0.3) is 0 Å². The van der Waals surface area contributed by atoms with Gasteiger partial charge < -0.3 is 20.3 Å². The highest BCUT2D eigenvalue weighted by Crippen LogP contribution is 2.17. The van der Waals surface area contributed by atoms with E-state index >= 15 is 0 Å². The Balaban J connectivity index is 3.47. The SMILES string of the molecule is CCCCCCCC/C=C\CCCCCCCCCC(=O)OCCCCC/C=C\C=C/CCCCCCCCCCCCC(=O)NC(CO)C(O)CCCCCCCCCCCCCCCCCC. The van der Waals surface area contributed by atoms with Crippen LogP contribution >= 0.6 is 0 Å². The number of ether oxygens (including phenoxy) is 1. The molecule has 0 bridgehead atoms. The monoisotopic (exact) mass is 970 g/mol. The third-order valence-electron chi connectivity index (χ3n) is 14.2. The minimum Gasteiger partial charge on any atom is -0.466 e. The number of carbonyl (C=O) groups is 2. The lowest BCUT2D eigenvalue weighted by Crippen LogP contribution is -2.45. The highest BCUT2D eigenvalue weighted by atomic mass is 16.5. The molecule has 0 aliphatic heterocycles. The first kappa shape index (κ1) is 67.1. The fourth-order valence-corrected chi connectivity index (χ4v) is 9.45. The number of amides is 1. The third kappa shape index (κ3) is 55.2. The molecule has 6 nitrogen and oxygen atoms in total. The quantitative estimate of drug-likeness (QED) is 0.0244. The summed E-state index contributed by atoms with van der Waals surface area (Å²) < 4.78 is 5.46. The molecule has 2 atom stereocenters. The van der Waals surface area contributed by atoms with Crippen molar-refractivity contribution < 1.29 is 24.5 Å². The fourth-order valence-electron chi connectivity index (χ4n) is 9.45. The van der Waals surface area contributed by atoms with E-state index in [1.54, 1.807) is 0 Å². The predicted octanol–water partition coefficient (Wildman–Crippen LogP) is 19.2. The number of rotatable bonds is 57. The van der Waals surface area contributed by atoms with Gasteiger partial charge in [-0.1, -0.05) is 269 Å². The molecule has 0 fully saturated rings. The van der Waals surface area contributed by atoms with Crippen LogP contribution in [0.25, 0.3) is 0 Å². The van der Waals surface area contributed by atoms with Crippen molar-refractivity contribution in [1.82, 2.24) is 5.32 Å². The second-order valence-corrected chi connectivity index (χ2v) is 21.1. The van der Waals surface area contributed by atoms with Gasteiger partial charge in [-0.2, -0.15) is 0 Å². The molecule has 0 radical (unpaired) electrons. The zero-order chi connectivity index (χ0) is 50.0. The highest BCUT2D eigenvalue weighted by molar-refractivity contribution is 5.76. The number of nitrogens with one attached hydrogen (secondary N) is 1. The topological polar surface area (TPSA) is 95.9 Å². The molecule has 2 unspecified atom stereocenters. The van der Waals surface area contributed by atoms with Crippen LogP contribution in [-0.4, -0.2) is 47.4 Å². The Labute approximate surface area is 430 Å². The summed E-state index contributed by atoms with van der Waals surface area (Å²) in [5.41, 5.74) is 0.